The van der Waals surface area contributed by atoms with Gasteiger partial charge in [0.15, 0.2) is 0 Å². The highest BCUT2D eigenvalue weighted by Crippen LogP contribution is 2.37. The van der Waals surface area contributed by atoms with Crippen molar-refractivity contribution in [2.45, 2.75) is 31.7 Å². The highest BCUT2D eigenvalue weighted by molar-refractivity contribution is 6.01. The molecule has 27 heavy (non-hydrogen) atoms. The van der Waals surface area contributed by atoms with Gasteiger partial charge >= 0.3 is 0 Å². The number of nitrogens with two attached hydrogens (primary N) is 1. The highest BCUT2D eigenvalue weighted by atomic mass is 16.2. The number of carbonyl (C=O) groups excluding carboxylic acids is 1. The van der Waals surface area contributed by atoms with E-state index in [2.05, 4.69) is 31.4 Å². The molecule has 0 bridgehead atoms. The van der Waals surface area contributed by atoms with Crippen LogP contribution in [0.1, 0.15) is 42.2 Å². The first-order valence-corrected chi connectivity index (χ1v) is 9.79. The second kappa shape index (κ2) is 6.99. The van der Waals surface area contributed by atoms with E-state index >= 15 is 0 Å². The van der Waals surface area contributed by atoms with Crippen molar-refractivity contribution in [2.24, 2.45) is 0 Å². The van der Waals surface area contributed by atoms with Crippen LogP contribution in [0.25, 0.3) is 11.0 Å². The zero-order valence-corrected chi connectivity index (χ0v) is 16.5. The lowest BCUT2D eigenvalue weighted by Gasteiger charge is -2.33. The van der Waals surface area contributed by atoms with Gasteiger partial charge in [0, 0.05) is 46.3 Å². The molecule has 2 fully saturated rings. The Hall–Kier alpha value is -2.35. The van der Waals surface area contributed by atoms with Gasteiger partial charge in [-0.15, -0.1) is 0 Å². The highest BCUT2D eigenvalue weighted by Gasteiger charge is 2.29. The van der Waals surface area contributed by atoms with Crippen molar-refractivity contribution in [2.75, 3.05) is 58.0 Å². The summed E-state index contributed by atoms with van der Waals surface area (Å²) in [5, 5.41) is 0.936. The van der Waals surface area contributed by atoms with Gasteiger partial charge in [0.05, 0.1) is 5.39 Å². The number of nitrogens with zero attached hydrogens (tertiary/aromatic N) is 6. The first kappa shape index (κ1) is 18.0. The average molecular weight is 371 g/mol. The summed E-state index contributed by atoms with van der Waals surface area (Å²) < 4.78 is 2.13. The SMILES string of the molecule is CN1CCN(c2nc(N)nc3c2cc(C(=O)N(C)C)n3C2CCCC2)CC1. The molecule has 2 aromatic heterocycles. The normalized spacial score (nSPS) is 19.1. The first-order chi connectivity index (χ1) is 13.0. The van der Waals surface area contributed by atoms with Gasteiger partial charge in [0.25, 0.3) is 5.91 Å². The maximum Gasteiger partial charge on any atom is 0.270 e. The molecule has 0 unspecified atom stereocenters. The largest absolute Gasteiger partial charge is 0.368 e. The number of fused-ring (bicyclic) bond motifs is 1. The summed E-state index contributed by atoms with van der Waals surface area (Å²) in [6.45, 7) is 3.76. The molecule has 0 radical (unpaired) electrons. The van der Waals surface area contributed by atoms with Crippen LogP contribution >= 0.6 is 0 Å². The zero-order chi connectivity index (χ0) is 19.1. The van der Waals surface area contributed by atoms with E-state index in [-0.39, 0.29) is 11.9 Å². The molecule has 2 aromatic rings. The lowest BCUT2D eigenvalue weighted by atomic mass is 10.2. The standard InChI is InChI=1S/C19H29N7O/c1-23(2)18(27)15-12-14-16(25-10-8-24(3)9-11-25)21-19(20)22-17(14)26(15)13-6-4-5-7-13/h12-13H,4-11H2,1-3H3,(H2,20,21,22). The fraction of sp³-hybridized carbons (Fsp3) is 0.632. The lowest BCUT2D eigenvalue weighted by molar-refractivity contribution is 0.0815. The summed E-state index contributed by atoms with van der Waals surface area (Å²) in [5.41, 5.74) is 7.59. The van der Waals surface area contributed by atoms with E-state index in [0.29, 0.717) is 11.7 Å². The molecule has 1 aliphatic heterocycles. The Morgan fingerprint density at radius 1 is 1.15 bits per heavy atom. The number of hydrogen-bond donors (Lipinski definition) is 1. The van der Waals surface area contributed by atoms with E-state index in [9.17, 15) is 4.79 Å². The van der Waals surface area contributed by atoms with Crippen LogP contribution in [0.15, 0.2) is 6.07 Å². The third kappa shape index (κ3) is 3.22. The van der Waals surface area contributed by atoms with Crippen molar-refractivity contribution in [1.82, 2.24) is 24.3 Å². The van der Waals surface area contributed by atoms with Crippen LogP contribution in [0, 0.1) is 0 Å². The summed E-state index contributed by atoms with van der Waals surface area (Å²) >= 11 is 0. The van der Waals surface area contributed by atoms with Crippen molar-refractivity contribution in [3.05, 3.63) is 11.8 Å². The predicted molar refractivity (Wildman–Crippen MR) is 107 cm³/mol. The minimum Gasteiger partial charge on any atom is -0.368 e. The van der Waals surface area contributed by atoms with Gasteiger partial charge in [0.1, 0.15) is 17.2 Å². The monoisotopic (exact) mass is 371 g/mol. The minimum atomic E-state index is 0.00259. The molecular formula is C19H29N7O. The van der Waals surface area contributed by atoms with Gasteiger partial charge in [-0.3, -0.25) is 4.79 Å². The van der Waals surface area contributed by atoms with Crippen molar-refractivity contribution >= 4 is 28.7 Å². The maximum atomic E-state index is 12.9. The summed E-state index contributed by atoms with van der Waals surface area (Å²) in [7, 11) is 5.71. The Balaban J connectivity index is 1.88. The number of piperazine rings is 1. The van der Waals surface area contributed by atoms with Crippen molar-refractivity contribution in [3.8, 4) is 0 Å². The molecule has 2 aliphatic rings. The Bertz CT molecular complexity index is 845. The summed E-state index contributed by atoms with van der Waals surface area (Å²) in [6.07, 6.45) is 4.52. The fourth-order valence-corrected chi connectivity index (χ4v) is 4.28. The molecule has 1 amide bonds. The summed E-state index contributed by atoms with van der Waals surface area (Å²) in [6, 6.07) is 2.28. The molecule has 4 rings (SSSR count). The topological polar surface area (TPSA) is 83.5 Å². The quantitative estimate of drug-likeness (QED) is 0.882. The summed E-state index contributed by atoms with van der Waals surface area (Å²) in [5.74, 6) is 1.13. The number of likely N-dealkylation sites (N-methyl/N-ethyl adjacent to an activating group) is 1. The first-order valence-electron chi connectivity index (χ1n) is 9.79. The molecule has 146 valence electrons. The smallest absolute Gasteiger partial charge is 0.270 e. The number of nitrogen functional groups attached to an aromatic ring is 1. The van der Waals surface area contributed by atoms with Crippen LogP contribution in [-0.2, 0) is 0 Å². The van der Waals surface area contributed by atoms with Crippen LogP contribution in [0.3, 0.4) is 0 Å². The maximum absolute atomic E-state index is 12.9. The Morgan fingerprint density at radius 2 is 1.81 bits per heavy atom. The molecule has 1 saturated heterocycles. The van der Waals surface area contributed by atoms with E-state index in [1.165, 1.54) is 12.8 Å². The zero-order valence-electron chi connectivity index (χ0n) is 16.5. The Kier molecular flexibility index (Phi) is 4.67. The van der Waals surface area contributed by atoms with E-state index < -0.39 is 0 Å². The number of anilines is 2. The van der Waals surface area contributed by atoms with Gasteiger partial charge in [0.2, 0.25) is 5.95 Å². The number of aromatic nitrogens is 3. The molecule has 0 spiro atoms. The molecule has 0 atom stereocenters. The van der Waals surface area contributed by atoms with E-state index in [0.717, 1.165) is 55.9 Å². The van der Waals surface area contributed by atoms with Crippen molar-refractivity contribution in [1.29, 1.82) is 0 Å². The molecule has 2 N–H and O–H groups in total. The number of carbonyl (C=O) groups is 1. The lowest BCUT2D eigenvalue weighted by Crippen LogP contribution is -2.45. The van der Waals surface area contributed by atoms with E-state index in [4.69, 9.17) is 5.73 Å². The fourth-order valence-electron chi connectivity index (χ4n) is 4.28. The number of rotatable bonds is 3. The van der Waals surface area contributed by atoms with Gasteiger partial charge in [-0.2, -0.15) is 9.97 Å². The van der Waals surface area contributed by atoms with Crippen molar-refractivity contribution < 1.29 is 4.79 Å². The molecule has 3 heterocycles. The molecule has 8 heteroatoms. The third-order valence-electron chi connectivity index (χ3n) is 5.81. The summed E-state index contributed by atoms with van der Waals surface area (Å²) in [4.78, 5) is 28.3. The third-order valence-corrected chi connectivity index (χ3v) is 5.81. The van der Waals surface area contributed by atoms with Crippen LogP contribution in [0.4, 0.5) is 11.8 Å². The van der Waals surface area contributed by atoms with E-state index in [1.54, 1.807) is 19.0 Å². The number of amides is 1. The number of hydrogen-bond acceptors (Lipinski definition) is 6. The molecule has 8 nitrogen and oxygen atoms in total. The second-order valence-corrected chi connectivity index (χ2v) is 7.97. The van der Waals surface area contributed by atoms with E-state index in [1.807, 2.05) is 6.07 Å². The van der Waals surface area contributed by atoms with Gasteiger partial charge in [-0.05, 0) is 26.0 Å². The van der Waals surface area contributed by atoms with Crippen molar-refractivity contribution in [3.63, 3.8) is 0 Å². The predicted octanol–water partition coefficient (Wildman–Crippen LogP) is 1.58. The molecule has 1 saturated carbocycles. The van der Waals surface area contributed by atoms with Gasteiger partial charge in [-0.25, -0.2) is 0 Å². The Morgan fingerprint density at radius 3 is 2.44 bits per heavy atom. The average Bonchev–Trinajstić information content (AvgIpc) is 3.28. The molecule has 1 aliphatic carbocycles. The Labute approximate surface area is 159 Å². The second-order valence-electron chi connectivity index (χ2n) is 7.97. The van der Waals surface area contributed by atoms with Crippen LogP contribution < -0.4 is 10.6 Å². The molecule has 0 aromatic carbocycles. The van der Waals surface area contributed by atoms with Gasteiger partial charge < -0.3 is 25.0 Å². The molecular weight excluding hydrogens is 342 g/mol. The van der Waals surface area contributed by atoms with Crippen LogP contribution in [0.5, 0.6) is 0 Å². The van der Waals surface area contributed by atoms with Crippen LogP contribution in [-0.4, -0.2) is 77.6 Å². The van der Waals surface area contributed by atoms with Crippen LogP contribution in [0.2, 0.25) is 0 Å². The minimum absolute atomic E-state index is 0.00259. The van der Waals surface area contributed by atoms with Gasteiger partial charge in [-0.1, -0.05) is 12.8 Å².